The van der Waals surface area contributed by atoms with Crippen LogP contribution in [0.3, 0.4) is 0 Å². The van der Waals surface area contributed by atoms with Gasteiger partial charge in [-0.05, 0) is 65.1 Å². The molecule has 3 heteroatoms. The Morgan fingerprint density at radius 2 is 1.70 bits per heavy atom. The molecule has 0 saturated heterocycles. The minimum atomic E-state index is 0.283. The highest BCUT2D eigenvalue weighted by Crippen LogP contribution is 2.36. The fourth-order valence-corrected chi connectivity index (χ4v) is 3.72. The van der Waals surface area contributed by atoms with Gasteiger partial charge in [-0.3, -0.25) is 0 Å². The summed E-state index contributed by atoms with van der Waals surface area (Å²) in [4.78, 5) is 0. The monoisotopic (exact) mass is 398 g/mol. The molecule has 3 aromatic rings. The van der Waals surface area contributed by atoms with Crippen LogP contribution in [0.4, 0.5) is 0 Å². The first-order chi connectivity index (χ1) is 14.7. The van der Waals surface area contributed by atoms with Crippen LogP contribution >= 0.6 is 0 Å². The molecule has 152 valence electrons. The van der Waals surface area contributed by atoms with Crippen LogP contribution in [0.5, 0.6) is 17.2 Å². The van der Waals surface area contributed by atoms with Crippen LogP contribution in [0.15, 0.2) is 73.0 Å². The molecule has 4 rings (SSSR count). The molecule has 0 amide bonds. The van der Waals surface area contributed by atoms with E-state index in [1.165, 1.54) is 11.0 Å². The third-order valence-electron chi connectivity index (χ3n) is 5.27. The number of benzene rings is 3. The van der Waals surface area contributed by atoms with E-state index >= 15 is 0 Å². The molecule has 1 aliphatic rings. The molecule has 0 unspecified atom stereocenters. The maximum Gasteiger partial charge on any atom is 0.231 e. The summed E-state index contributed by atoms with van der Waals surface area (Å²) in [7, 11) is 1.69. The van der Waals surface area contributed by atoms with Crippen molar-refractivity contribution in [1.29, 1.82) is 0 Å². The van der Waals surface area contributed by atoms with Gasteiger partial charge in [0.2, 0.25) is 6.79 Å². The maximum atomic E-state index is 5.58. The summed E-state index contributed by atoms with van der Waals surface area (Å²) in [5, 5.41) is 2.33. The van der Waals surface area contributed by atoms with Crippen LogP contribution < -0.4 is 14.2 Å². The second-order valence-electron chi connectivity index (χ2n) is 7.32. The fraction of sp³-hybridized carbons (Fsp3) is 0.222. The smallest absolute Gasteiger partial charge is 0.231 e. The van der Waals surface area contributed by atoms with Crippen LogP contribution in [0.25, 0.3) is 21.9 Å². The molecule has 30 heavy (non-hydrogen) atoms. The Bertz CT molecular complexity index is 1150. The number of allylic oxidation sites excluding steroid dienone is 2. The van der Waals surface area contributed by atoms with Crippen molar-refractivity contribution in [2.24, 2.45) is 0 Å². The molecule has 0 aliphatic carbocycles. The van der Waals surface area contributed by atoms with Crippen molar-refractivity contribution in [2.45, 2.75) is 26.2 Å². The first kappa shape index (κ1) is 19.9. The van der Waals surface area contributed by atoms with E-state index in [0.29, 0.717) is 0 Å². The summed E-state index contributed by atoms with van der Waals surface area (Å²) in [6.45, 7) is 6.43. The van der Waals surface area contributed by atoms with Gasteiger partial charge >= 0.3 is 0 Å². The molecule has 0 saturated carbocycles. The van der Waals surface area contributed by atoms with Gasteiger partial charge in [0.1, 0.15) is 5.75 Å². The van der Waals surface area contributed by atoms with Crippen molar-refractivity contribution in [3.63, 3.8) is 0 Å². The van der Waals surface area contributed by atoms with E-state index in [1.807, 2.05) is 18.2 Å². The van der Waals surface area contributed by atoms with Gasteiger partial charge in [0.05, 0.1) is 7.11 Å². The lowest BCUT2D eigenvalue weighted by Gasteiger charge is -2.09. The second-order valence-corrected chi connectivity index (χ2v) is 7.32. The van der Waals surface area contributed by atoms with Crippen molar-refractivity contribution < 1.29 is 14.2 Å². The van der Waals surface area contributed by atoms with E-state index < -0.39 is 0 Å². The number of hydrogen-bond acceptors (Lipinski definition) is 3. The van der Waals surface area contributed by atoms with E-state index in [9.17, 15) is 0 Å². The topological polar surface area (TPSA) is 27.7 Å². The minimum absolute atomic E-state index is 0.283. The second kappa shape index (κ2) is 8.94. The first-order valence-corrected chi connectivity index (χ1v) is 10.3. The number of ether oxygens (including phenoxy) is 3. The average molecular weight is 399 g/mol. The molecule has 0 radical (unpaired) electrons. The molecule has 0 aromatic heterocycles. The number of methoxy groups -OCH3 is 1. The normalized spacial score (nSPS) is 11.8. The van der Waals surface area contributed by atoms with Gasteiger partial charge in [-0.1, -0.05) is 43.7 Å². The summed E-state index contributed by atoms with van der Waals surface area (Å²) in [5.74, 6) is 2.47. The number of rotatable bonds is 7. The van der Waals surface area contributed by atoms with E-state index in [4.69, 9.17) is 14.2 Å². The highest BCUT2D eigenvalue weighted by Gasteiger charge is 2.15. The van der Waals surface area contributed by atoms with Gasteiger partial charge in [-0.15, -0.1) is 12.3 Å². The molecule has 1 heterocycles. The van der Waals surface area contributed by atoms with Crippen molar-refractivity contribution in [1.82, 2.24) is 0 Å². The van der Waals surface area contributed by atoms with Crippen LogP contribution in [-0.4, -0.2) is 13.9 Å². The molecule has 1 aliphatic heterocycles. The fourth-order valence-electron chi connectivity index (χ4n) is 3.72. The Hall–Kier alpha value is -3.42. The van der Waals surface area contributed by atoms with Crippen LogP contribution in [-0.2, 0) is 0 Å². The molecule has 0 bridgehead atoms. The Morgan fingerprint density at radius 1 is 0.967 bits per heavy atom. The predicted molar refractivity (Wildman–Crippen MR) is 123 cm³/mol. The summed E-state index contributed by atoms with van der Waals surface area (Å²) in [5.41, 5.74) is 8.28. The number of hydrogen-bond donors (Lipinski definition) is 0. The Morgan fingerprint density at radius 3 is 2.50 bits per heavy atom. The van der Waals surface area contributed by atoms with E-state index in [0.717, 1.165) is 58.6 Å². The quantitative estimate of drug-likeness (QED) is 0.316. The Kier molecular flexibility index (Phi) is 5.92. The molecular formula is C27H26O3. The molecular weight excluding hydrogens is 372 g/mol. The molecule has 0 atom stereocenters. The highest BCUT2D eigenvalue weighted by molar-refractivity contribution is 5.88. The maximum absolute atomic E-state index is 5.58. The average Bonchev–Trinajstić information content (AvgIpc) is 3.25. The summed E-state index contributed by atoms with van der Waals surface area (Å²) in [6, 6.07) is 18.8. The minimum Gasteiger partial charge on any atom is -0.497 e. The largest absolute Gasteiger partial charge is 0.497 e. The Labute approximate surface area is 177 Å². The zero-order chi connectivity index (χ0) is 20.9. The lowest BCUT2D eigenvalue weighted by atomic mass is 9.96. The first-order valence-electron chi connectivity index (χ1n) is 10.3. The zero-order valence-corrected chi connectivity index (χ0v) is 17.5. The van der Waals surface area contributed by atoms with Gasteiger partial charge in [-0.2, -0.15) is 0 Å². The number of fused-ring (bicyclic) bond motifs is 2. The molecule has 0 fully saturated rings. The highest BCUT2D eigenvalue weighted by atomic mass is 16.7. The van der Waals surface area contributed by atoms with Crippen LogP contribution in [0.1, 0.15) is 37.3 Å². The van der Waals surface area contributed by atoms with Crippen molar-refractivity contribution in [3.05, 3.63) is 84.1 Å². The van der Waals surface area contributed by atoms with Gasteiger partial charge in [0.25, 0.3) is 0 Å². The van der Waals surface area contributed by atoms with Crippen molar-refractivity contribution in [2.75, 3.05) is 13.9 Å². The van der Waals surface area contributed by atoms with E-state index in [-0.39, 0.29) is 6.79 Å². The lowest BCUT2D eigenvalue weighted by Crippen LogP contribution is -1.93. The summed E-state index contributed by atoms with van der Waals surface area (Å²) >= 11 is 0. The molecule has 3 aromatic carbocycles. The third kappa shape index (κ3) is 4.12. The third-order valence-corrected chi connectivity index (χ3v) is 5.27. The summed E-state index contributed by atoms with van der Waals surface area (Å²) < 4.78 is 16.4. The van der Waals surface area contributed by atoms with Crippen molar-refractivity contribution >= 4 is 21.9 Å². The summed E-state index contributed by atoms with van der Waals surface area (Å²) in [6.07, 6.45) is 4.66. The van der Waals surface area contributed by atoms with Gasteiger partial charge in [0, 0.05) is 11.1 Å². The molecule has 0 N–H and O–H groups in total. The SMILES string of the molecule is C=CCC(=C=C(CCC)c1ccc2c(c1)OCO2)c1ccc2cc(OC)ccc2c1. The van der Waals surface area contributed by atoms with Crippen LogP contribution in [0.2, 0.25) is 0 Å². The van der Waals surface area contributed by atoms with Gasteiger partial charge in [-0.25, -0.2) is 0 Å². The van der Waals surface area contributed by atoms with Crippen LogP contribution in [0, 0.1) is 0 Å². The van der Waals surface area contributed by atoms with E-state index in [1.54, 1.807) is 7.11 Å². The van der Waals surface area contributed by atoms with Gasteiger partial charge in [0.15, 0.2) is 11.5 Å². The lowest BCUT2D eigenvalue weighted by molar-refractivity contribution is 0.174. The van der Waals surface area contributed by atoms with Gasteiger partial charge < -0.3 is 14.2 Å². The van der Waals surface area contributed by atoms with Crippen molar-refractivity contribution in [3.8, 4) is 17.2 Å². The predicted octanol–water partition coefficient (Wildman–Crippen LogP) is 7.02. The standard InChI is InChI=1S/C27H26O3/c1-4-6-19(21-8-9-23-16-25(28-3)12-10-22(23)15-21)14-20(7-5-2)24-11-13-26-27(17-24)30-18-29-26/h4,8-13,15-17H,1,5-7,18H2,2-3H3. The van der Waals surface area contributed by atoms with E-state index in [2.05, 4.69) is 61.7 Å². The Balaban J connectivity index is 1.83. The molecule has 3 nitrogen and oxygen atoms in total. The zero-order valence-electron chi connectivity index (χ0n) is 17.5. The molecule has 0 spiro atoms.